The van der Waals surface area contributed by atoms with Crippen molar-refractivity contribution in [3.63, 3.8) is 0 Å². The van der Waals surface area contributed by atoms with Crippen LogP contribution in [0.2, 0.25) is 0 Å². The van der Waals surface area contributed by atoms with E-state index in [-0.39, 0.29) is 18.1 Å². The lowest BCUT2D eigenvalue weighted by Crippen LogP contribution is -2.43. The fraction of sp³-hybridized carbons (Fsp3) is 0.463. The molecule has 0 saturated carbocycles. The summed E-state index contributed by atoms with van der Waals surface area (Å²) in [4.78, 5) is 67.0. The van der Waals surface area contributed by atoms with Gasteiger partial charge in [-0.3, -0.25) is 29.1 Å². The van der Waals surface area contributed by atoms with Crippen LogP contribution in [0, 0.1) is 13.8 Å². The molecule has 0 aliphatic carbocycles. The topological polar surface area (TPSA) is 231 Å². The molecule has 4 aromatic heterocycles. The number of urea groups is 1. The predicted molar refractivity (Wildman–Crippen MR) is 231 cm³/mol. The van der Waals surface area contributed by atoms with Crippen LogP contribution in [0.1, 0.15) is 80.0 Å². The monoisotopic (exact) mass is 854 g/mol. The van der Waals surface area contributed by atoms with Crippen LogP contribution in [0.15, 0.2) is 41.4 Å². The van der Waals surface area contributed by atoms with Crippen LogP contribution in [-0.2, 0) is 39.1 Å². The Morgan fingerprint density at radius 2 is 1.62 bits per heavy atom. The second-order valence-electron chi connectivity index (χ2n) is 15.1. The Labute approximate surface area is 357 Å². The number of hydrogen-bond donors (Lipinski definition) is 4. The third-order valence-corrected chi connectivity index (χ3v) is 11.9. The molecule has 61 heavy (non-hydrogen) atoms. The summed E-state index contributed by atoms with van der Waals surface area (Å²) in [6.07, 6.45) is 6.02. The number of anilines is 1. The number of aromatic nitrogens is 7. The number of carbonyl (C=O) groups excluding carboxylic acids is 4. The fourth-order valence-corrected chi connectivity index (χ4v) is 8.99. The molecule has 19 nitrogen and oxygen atoms in total. The highest BCUT2D eigenvalue weighted by Gasteiger charge is 2.24. The SMILES string of the molecule is CCn1nc(C)cc1C(=O)N=c1sc2c(n1C/C=C/Cn1c(NC(=O)c3cc(C)nn3CC)nc3cc(C(N)=O)cc(OCCCN4CCNCC4)c31)CCCN(C(N)=O)C2. The molecule has 1 aromatic carbocycles. The minimum atomic E-state index is -0.630. The molecular weight excluding hydrogens is 801 g/mol. The maximum Gasteiger partial charge on any atom is 0.315 e. The number of rotatable bonds is 15. The molecule has 7 rings (SSSR count). The minimum Gasteiger partial charge on any atom is -0.491 e. The molecule has 6 N–H and O–H groups in total. The number of imidazole rings is 1. The van der Waals surface area contributed by atoms with Gasteiger partial charge in [0.2, 0.25) is 11.9 Å². The zero-order chi connectivity index (χ0) is 43.2. The Hall–Kier alpha value is -6.12. The number of ether oxygens (including phenoxy) is 1. The number of aryl methyl sites for hydroxylation is 4. The number of carbonyl (C=O) groups is 4. The first-order valence-electron chi connectivity index (χ1n) is 20.7. The fourth-order valence-electron chi connectivity index (χ4n) is 7.80. The lowest BCUT2D eigenvalue weighted by Gasteiger charge is -2.27. The standard InChI is InChI=1S/C41H54N14O5S/c1-5-54-31(21-26(3)48-54)37(57)46-40-45-29-23-28(36(42)56)24-33(60-20-10-14-50-18-12-44-13-19-50)35(29)53(40)17-8-7-16-52-30-11-9-15-51(39(43)59)25-34(30)61-41(52)47-38(58)32-22-27(4)49-55(32)6-2/h7-8,21-24,44H,5-6,9-20,25H2,1-4H3,(H2,42,56)(H2,43,59)(H,45,46,57)/b8-7+,47-41?. The smallest absolute Gasteiger partial charge is 0.315 e. The molecule has 324 valence electrons. The zero-order valence-electron chi connectivity index (χ0n) is 35.1. The van der Waals surface area contributed by atoms with Gasteiger partial charge in [0.1, 0.15) is 22.7 Å². The largest absolute Gasteiger partial charge is 0.491 e. The molecular formula is C41H54N14O5S. The van der Waals surface area contributed by atoms with Gasteiger partial charge in [0, 0.05) is 81.6 Å². The van der Waals surface area contributed by atoms with Crippen molar-refractivity contribution < 1.29 is 23.9 Å². The van der Waals surface area contributed by atoms with Gasteiger partial charge in [0.15, 0.2) is 4.80 Å². The van der Waals surface area contributed by atoms with Crippen molar-refractivity contribution in [2.24, 2.45) is 16.5 Å². The highest BCUT2D eigenvalue weighted by atomic mass is 32.1. The molecule has 0 spiro atoms. The summed E-state index contributed by atoms with van der Waals surface area (Å²) >= 11 is 1.37. The molecule has 2 aliphatic heterocycles. The van der Waals surface area contributed by atoms with Crippen LogP contribution in [0.5, 0.6) is 5.75 Å². The van der Waals surface area contributed by atoms with Crippen molar-refractivity contribution in [2.45, 2.75) is 79.7 Å². The Balaban J connectivity index is 1.24. The zero-order valence-corrected chi connectivity index (χ0v) is 36.0. The van der Waals surface area contributed by atoms with E-state index in [4.69, 9.17) is 21.2 Å². The highest BCUT2D eigenvalue weighted by molar-refractivity contribution is 7.09. The quantitative estimate of drug-likeness (QED) is 0.0889. The van der Waals surface area contributed by atoms with Gasteiger partial charge in [-0.1, -0.05) is 23.5 Å². The van der Waals surface area contributed by atoms with E-state index in [9.17, 15) is 19.2 Å². The number of nitrogens with zero attached hydrogens (tertiary/aromatic N) is 10. The maximum absolute atomic E-state index is 13.8. The van der Waals surface area contributed by atoms with Crippen LogP contribution in [0.3, 0.4) is 0 Å². The number of primary amides is 2. The van der Waals surface area contributed by atoms with Crippen LogP contribution in [0.25, 0.3) is 11.0 Å². The number of benzene rings is 1. The van der Waals surface area contributed by atoms with Gasteiger partial charge in [-0.25, -0.2) is 9.78 Å². The van der Waals surface area contributed by atoms with Crippen molar-refractivity contribution >= 4 is 52.1 Å². The Morgan fingerprint density at radius 3 is 2.31 bits per heavy atom. The van der Waals surface area contributed by atoms with Gasteiger partial charge in [-0.05, 0) is 71.2 Å². The van der Waals surface area contributed by atoms with Gasteiger partial charge < -0.3 is 40.5 Å². The predicted octanol–water partition coefficient (Wildman–Crippen LogP) is 2.80. The number of allylic oxidation sites excluding steroid dienone is 2. The van der Waals surface area contributed by atoms with Crippen molar-refractivity contribution in [3.05, 3.63) is 80.1 Å². The molecule has 0 radical (unpaired) electrons. The van der Waals surface area contributed by atoms with E-state index >= 15 is 0 Å². The Kier molecular flexibility index (Phi) is 13.4. The van der Waals surface area contributed by atoms with E-state index < -0.39 is 23.8 Å². The lowest BCUT2D eigenvalue weighted by atomic mass is 10.1. The van der Waals surface area contributed by atoms with E-state index in [1.807, 2.05) is 49.0 Å². The van der Waals surface area contributed by atoms with Gasteiger partial charge in [0.25, 0.3) is 11.8 Å². The van der Waals surface area contributed by atoms with Crippen molar-refractivity contribution in [3.8, 4) is 5.75 Å². The van der Waals surface area contributed by atoms with Gasteiger partial charge in [-0.2, -0.15) is 15.2 Å². The first-order valence-corrected chi connectivity index (χ1v) is 21.6. The van der Waals surface area contributed by atoms with Gasteiger partial charge in [-0.15, -0.1) is 0 Å². The molecule has 0 bridgehead atoms. The average molecular weight is 855 g/mol. The Morgan fingerprint density at radius 1 is 0.934 bits per heavy atom. The average Bonchev–Trinajstić information content (AvgIpc) is 3.96. The molecule has 5 amide bonds. The van der Waals surface area contributed by atoms with Crippen LogP contribution in [0.4, 0.5) is 10.7 Å². The number of hydrogen-bond acceptors (Lipinski definition) is 11. The second kappa shape index (κ2) is 19.1. The van der Waals surface area contributed by atoms with Crippen LogP contribution < -0.4 is 31.6 Å². The number of nitrogens with two attached hydrogens (primary N) is 2. The summed E-state index contributed by atoms with van der Waals surface area (Å²) in [6, 6.07) is 6.18. The number of piperazine rings is 1. The molecule has 2 aliphatic rings. The minimum absolute atomic E-state index is 0.231. The van der Waals surface area contributed by atoms with E-state index in [1.165, 1.54) is 11.3 Å². The number of fused-ring (bicyclic) bond motifs is 2. The molecule has 20 heteroatoms. The highest BCUT2D eigenvalue weighted by Crippen LogP contribution is 2.32. The van der Waals surface area contributed by atoms with E-state index in [1.54, 1.807) is 38.5 Å². The summed E-state index contributed by atoms with van der Waals surface area (Å²) in [5.74, 6) is -0.779. The van der Waals surface area contributed by atoms with E-state index in [0.29, 0.717) is 90.8 Å². The van der Waals surface area contributed by atoms with Gasteiger partial charge in [0.05, 0.1) is 30.1 Å². The van der Waals surface area contributed by atoms with Crippen molar-refractivity contribution in [1.82, 2.24) is 48.8 Å². The molecule has 1 fully saturated rings. The number of thiazole rings is 1. The molecule has 5 aromatic rings. The van der Waals surface area contributed by atoms with Crippen LogP contribution in [-0.4, -0.2) is 113 Å². The number of amides is 5. The van der Waals surface area contributed by atoms with Crippen molar-refractivity contribution in [2.75, 3.05) is 51.2 Å². The maximum atomic E-state index is 13.8. The number of nitrogens with one attached hydrogen (secondary N) is 2. The summed E-state index contributed by atoms with van der Waals surface area (Å²) in [5, 5.41) is 15.2. The molecule has 0 atom stereocenters. The summed E-state index contributed by atoms with van der Waals surface area (Å²) in [7, 11) is 0. The molecule has 0 unspecified atom stereocenters. The summed E-state index contributed by atoms with van der Waals surface area (Å²) in [6.45, 7) is 15.0. The second-order valence-corrected chi connectivity index (χ2v) is 16.2. The first-order chi connectivity index (χ1) is 29.4. The summed E-state index contributed by atoms with van der Waals surface area (Å²) < 4.78 is 13.5. The third-order valence-electron chi connectivity index (χ3n) is 10.8. The molecule has 6 heterocycles. The molecule has 1 saturated heterocycles. The normalized spacial score (nSPS) is 15.1. The van der Waals surface area contributed by atoms with Crippen LogP contribution >= 0.6 is 11.3 Å². The third kappa shape index (κ3) is 9.76. The van der Waals surface area contributed by atoms with Crippen molar-refractivity contribution in [1.29, 1.82) is 0 Å². The van der Waals surface area contributed by atoms with E-state index in [2.05, 4.69) is 30.7 Å². The first kappa shape index (κ1) is 43.0. The summed E-state index contributed by atoms with van der Waals surface area (Å²) in [5.41, 5.74) is 15.9. The lowest BCUT2D eigenvalue weighted by molar-refractivity contribution is 0.0983. The van der Waals surface area contributed by atoms with Gasteiger partial charge >= 0.3 is 6.03 Å². The Bertz CT molecular complexity index is 2540. The van der Waals surface area contributed by atoms with E-state index in [0.717, 1.165) is 55.4 Å².